The summed E-state index contributed by atoms with van der Waals surface area (Å²) in [6.45, 7) is 5.03. The minimum atomic E-state index is -0.315. The summed E-state index contributed by atoms with van der Waals surface area (Å²) in [6.07, 6.45) is 0. The van der Waals surface area contributed by atoms with Gasteiger partial charge in [-0.1, -0.05) is 0 Å². The monoisotopic (exact) mass is 259 g/mol. The van der Waals surface area contributed by atoms with Crippen LogP contribution in [0.2, 0.25) is 0 Å². The molecule has 5 nitrogen and oxygen atoms in total. The molecule has 0 heterocycles. The number of hydrogen-bond donors (Lipinski definition) is 1. The number of carbonyl (C=O) groups excluding carboxylic acids is 2. The molecule has 1 aromatic carbocycles. The van der Waals surface area contributed by atoms with E-state index in [4.69, 9.17) is 5.26 Å². The average Bonchev–Trinajstić information content (AvgIpc) is 2.46. The zero-order chi connectivity index (χ0) is 14.3. The molecule has 100 valence electrons. The number of amides is 2. The lowest BCUT2D eigenvalue weighted by Crippen LogP contribution is -2.39. The van der Waals surface area contributed by atoms with Gasteiger partial charge in [-0.25, -0.2) is 0 Å². The molecule has 0 atom stereocenters. The molecule has 0 spiro atoms. The standard InChI is InChI=1S/C14H17N3O2/c1-3-17(4-2)13(18)10-16-14(19)12-7-5-11(9-15)6-8-12/h5-8H,3-4,10H2,1-2H3,(H,16,19). The smallest absolute Gasteiger partial charge is 0.251 e. The largest absolute Gasteiger partial charge is 0.343 e. The number of benzene rings is 1. The van der Waals surface area contributed by atoms with E-state index in [1.54, 1.807) is 29.2 Å². The Morgan fingerprint density at radius 2 is 1.79 bits per heavy atom. The van der Waals surface area contributed by atoms with Crippen LogP contribution in [0, 0.1) is 11.3 Å². The molecule has 0 saturated heterocycles. The van der Waals surface area contributed by atoms with Gasteiger partial charge in [0.15, 0.2) is 0 Å². The van der Waals surface area contributed by atoms with E-state index in [2.05, 4.69) is 5.32 Å². The van der Waals surface area contributed by atoms with Crippen molar-refractivity contribution in [3.05, 3.63) is 35.4 Å². The Balaban J connectivity index is 2.55. The van der Waals surface area contributed by atoms with Crippen molar-refractivity contribution in [1.82, 2.24) is 10.2 Å². The summed E-state index contributed by atoms with van der Waals surface area (Å²) in [7, 11) is 0. The maximum absolute atomic E-state index is 11.8. The van der Waals surface area contributed by atoms with E-state index in [-0.39, 0.29) is 18.4 Å². The molecular formula is C14H17N3O2. The van der Waals surface area contributed by atoms with Crippen molar-refractivity contribution in [1.29, 1.82) is 5.26 Å². The van der Waals surface area contributed by atoms with Crippen molar-refractivity contribution in [2.75, 3.05) is 19.6 Å². The third kappa shape index (κ3) is 4.11. The van der Waals surface area contributed by atoms with Crippen LogP contribution in [-0.2, 0) is 4.79 Å². The number of nitrogens with one attached hydrogen (secondary N) is 1. The van der Waals surface area contributed by atoms with Crippen LogP contribution < -0.4 is 5.32 Å². The van der Waals surface area contributed by atoms with Crippen LogP contribution in [0.1, 0.15) is 29.8 Å². The molecule has 0 radical (unpaired) electrons. The Bertz CT molecular complexity index is 484. The maximum atomic E-state index is 11.8. The summed E-state index contributed by atoms with van der Waals surface area (Å²) in [5, 5.41) is 11.2. The first kappa shape index (κ1) is 14.7. The number of nitriles is 1. The summed E-state index contributed by atoms with van der Waals surface area (Å²) in [4.78, 5) is 25.1. The lowest BCUT2D eigenvalue weighted by atomic mass is 10.1. The fraction of sp³-hybridized carbons (Fsp3) is 0.357. The van der Waals surface area contributed by atoms with Crippen molar-refractivity contribution < 1.29 is 9.59 Å². The minimum absolute atomic E-state index is 0.0134. The Kier molecular flexibility index (Phi) is 5.55. The fourth-order valence-corrected chi connectivity index (χ4v) is 1.64. The van der Waals surface area contributed by atoms with E-state index < -0.39 is 0 Å². The third-order valence-electron chi connectivity index (χ3n) is 2.79. The van der Waals surface area contributed by atoms with Gasteiger partial charge < -0.3 is 10.2 Å². The molecule has 5 heteroatoms. The van der Waals surface area contributed by atoms with E-state index in [9.17, 15) is 9.59 Å². The molecule has 0 aromatic heterocycles. The fourth-order valence-electron chi connectivity index (χ4n) is 1.64. The van der Waals surface area contributed by atoms with Crippen molar-refractivity contribution in [3.8, 4) is 6.07 Å². The predicted octanol–water partition coefficient (Wildman–Crippen LogP) is 1.16. The highest BCUT2D eigenvalue weighted by atomic mass is 16.2. The SMILES string of the molecule is CCN(CC)C(=O)CNC(=O)c1ccc(C#N)cc1. The van der Waals surface area contributed by atoms with Gasteiger partial charge in [-0.15, -0.1) is 0 Å². The molecule has 0 aliphatic carbocycles. The highest BCUT2D eigenvalue weighted by Gasteiger charge is 2.11. The Hall–Kier alpha value is -2.35. The third-order valence-corrected chi connectivity index (χ3v) is 2.79. The molecule has 1 aromatic rings. The predicted molar refractivity (Wildman–Crippen MR) is 71.4 cm³/mol. The topological polar surface area (TPSA) is 73.2 Å². The average molecular weight is 259 g/mol. The minimum Gasteiger partial charge on any atom is -0.343 e. The van der Waals surface area contributed by atoms with Gasteiger partial charge in [0, 0.05) is 18.7 Å². The van der Waals surface area contributed by atoms with Crippen LogP contribution in [0.5, 0.6) is 0 Å². The molecule has 1 rings (SSSR count). The molecule has 0 saturated carbocycles. The number of likely N-dealkylation sites (N-methyl/N-ethyl adjacent to an activating group) is 1. The second-order valence-electron chi connectivity index (χ2n) is 3.94. The molecule has 0 fully saturated rings. The van der Waals surface area contributed by atoms with E-state index in [1.807, 2.05) is 19.9 Å². The molecule has 2 amide bonds. The van der Waals surface area contributed by atoms with Gasteiger partial charge in [0.25, 0.3) is 5.91 Å². The Morgan fingerprint density at radius 3 is 2.26 bits per heavy atom. The van der Waals surface area contributed by atoms with E-state index in [1.165, 1.54) is 0 Å². The molecule has 0 aliphatic heterocycles. The van der Waals surface area contributed by atoms with Gasteiger partial charge in [-0.3, -0.25) is 9.59 Å². The van der Waals surface area contributed by atoms with Crippen molar-refractivity contribution in [3.63, 3.8) is 0 Å². The zero-order valence-corrected chi connectivity index (χ0v) is 11.1. The summed E-state index contributed by atoms with van der Waals surface area (Å²) in [5.41, 5.74) is 0.933. The quantitative estimate of drug-likeness (QED) is 0.862. The van der Waals surface area contributed by atoms with Crippen LogP contribution in [0.15, 0.2) is 24.3 Å². The van der Waals surface area contributed by atoms with Gasteiger partial charge in [0.2, 0.25) is 5.91 Å². The molecular weight excluding hydrogens is 242 g/mol. The molecule has 1 N–H and O–H groups in total. The first-order chi connectivity index (χ1) is 9.12. The van der Waals surface area contributed by atoms with E-state index >= 15 is 0 Å². The Morgan fingerprint density at radius 1 is 1.21 bits per heavy atom. The molecule has 0 bridgehead atoms. The zero-order valence-electron chi connectivity index (χ0n) is 11.1. The number of carbonyl (C=O) groups is 2. The van der Waals surface area contributed by atoms with Crippen LogP contribution >= 0.6 is 0 Å². The van der Waals surface area contributed by atoms with Gasteiger partial charge in [0.05, 0.1) is 18.2 Å². The lowest BCUT2D eigenvalue weighted by molar-refractivity contribution is -0.129. The van der Waals surface area contributed by atoms with Crippen LogP contribution in [0.25, 0.3) is 0 Å². The normalized spacial score (nSPS) is 9.53. The van der Waals surface area contributed by atoms with Crippen molar-refractivity contribution >= 4 is 11.8 Å². The molecule has 19 heavy (non-hydrogen) atoms. The van der Waals surface area contributed by atoms with Gasteiger partial charge in [-0.2, -0.15) is 5.26 Å². The van der Waals surface area contributed by atoms with E-state index in [0.717, 1.165) is 0 Å². The lowest BCUT2D eigenvalue weighted by Gasteiger charge is -2.18. The molecule has 0 aliphatic rings. The van der Waals surface area contributed by atoms with Gasteiger partial charge in [0.1, 0.15) is 0 Å². The first-order valence-electron chi connectivity index (χ1n) is 6.18. The summed E-state index contributed by atoms with van der Waals surface area (Å²) in [6, 6.07) is 8.25. The van der Waals surface area contributed by atoms with Gasteiger partial charge >= 0.3 is 0 Å². The Labute approximate surface area is 112 Å². The van der Waals surface area contributed by atoms with Gasteiger partial charge in [-0.05, 0) is 38.1 Å². The van der Waals surface area contributed by atoms with Crippen LogP contribution in [0.4, 0.5) is 0 Å². The van der Waals surface area contributed by atoms with Crippen LogP contribution in [-0.4, -0.2) is 36.3 Å². The summed E-state index contributed by atoms with van der Waals surface area (Å²) < 4.78 is 0. The summed E-state index contributed by atoms with van der Waals surface area (Å²) in [5.74, 6) is -0.419. The highest BCUT2D eigenvalue weighted by molar-refractivity contribution is 5.96. The second kappa shape index (κ2) is 7.17. The van der Waals surface area contributed by atoms with E-state index in [0.29, 0.717) is 24.2 Å². The van der Waals surface area contributed by atoms with Crippen molar-refractivity contribution in [2.24, 2.45) is 0 Å². The second-order valence-corrected chi connectivity index (χ2v) is 3.94. The number of rotatable bonds is 5. The summed E-state index contributed by atoms with van der Waals surface area (Å²) >= 11 is 0. The maximum Gasteiger partial charge on any atom is 0.251 e. The number of nitrogens with zero attached hydrogens (tertiary/aromatic N) is 2. The highest BCUT2D eigenvalue weighted by Crippen LogP contribution is 2.03. The molecule has 0 unspecified atom stereocenters. The van der Waals surface area contributed by atoms with Crippen LogP contribution in [0.3, 0.4) is 0 Å². The van der Waals surface area contributed by atoms with Crippen molar-refractivity contribution in [2.45, 2.75) is 13.8 Å². The first-order valence-corrected chi connectivity index (χ1v) is 6.18. The number of hydrogen-bond acceptors (Lipinski definition) is 3.